The zero-order valence-corrected chi connectivity index (χ0v) is 58.2. The fourth-order valence-corrected chi connectivity index (χ4v) is 11.7. The number of nitrogens with zero attached hydrogens (tertiary/aromatic N) is 2. The van der Waals surface area contributed by atoms with Gasteiger partial charge in [0.2, 0.25) is 41.4 Å². The number of carboxylic acids is 2. The van der Waals surface area contributed by atoms with Gasteiger partial charge in [-0.15, -0.1) is 0 Å². The van der Waals surface area contributed by atoms with Crippen LogP contribution in [0, 0.1) is 10.8 Å². The molecule has 0 aliphatic carbocycles. The predicted octanol–water partition coefficient (Wildman–Crippen LogP) is 3.29. The van der Waals surface area contributed by atoms with Gasteiger partial charge >= 0.3 is 11.9 Å². The van der Waals surface area contributed by atoms with E-state index in [0.717, 1.165) is 10.8 Å². The Hall–Kier alpha value is -9.89. The molecule has 1 unspecified atom stereocenters. The second kappa shape index (κ2) is 35.2. The number of aldehydes is 1. The Morgan fingerprint density at radius 3 is 1.63 bits per heavy atom. The van der Waals surface area contributed by atoms with Crippen LogP contribution >= 0.6 is 0 Å². The van der Waals surface area contributed by atoms with Crippen molar-refractivity contribution in [1.29, 1.82) is 0 Å². The first kappa shape index (κ1) is 77.5. The fourth-order valence-electron chi connectivity index (χ4n) is 11.7. The Morgan fingerprint density at radius 1 is 0.570 bits per heavy atom. The van der Waals surface area contributed by atoms with E-state index in [2.05, 4.69) is 42.5 Å². The third kappa shape index (κ3) is 21.3. The summed E-state index contributed by atoms with van der Waals surface area (Å²) in [4.78, 5) is 152. The van der Waals surface area contributed by atoms with Crippen LogP contribution in [0.2, 0.25) is 0 Å². The normalized spacial score (nSPS) is 18.6. The van der Waals surface area contributed by atoms with Crippen molar-refractivity contribution in [2.45, 2.75) is 160 Å². The van der Waals surface area contributed by atoms with Gasteiger partial charge in [0.05, 0.1) is 30.8 Å². The minimum Gasteiger partial charge on any atom is -0.490 e. The second-order valence-corrected chi connectivity index (χ2v) is 27.6. The van der Waals surface area contributed by atoms with Crippen LogP contribution in [0.1, 0.15) is 107 Å². The number of amides is 8. The molecule has 26 nitrogen and oxygen atoms in total. The van der Waals surface area contributed by atoms with Crippen LogP contribution in [-0.2, 0) is 71.9 Å². The Bertz CT molecular complexity index is 3750. The highest BCUT2D eigenvalue weighted by molar-refractivity contribution is 5.98. The van der Waals surface area contributed by atoms with Crippen molar-refractivity contribution in [3.8, 4) is 5.75 Å². The molecule has 8 amide bonds. The van der Waals surface area contributed by atoms with E-state index in [1.807, 2.05) is 57.2 Å². The average Bonchev–Trinajstić information content (AvgIpc) is 1.61. The number of fused-ring (bicyclic) bond motifs is 1. The summed E-state index contributed by atoms with van der Waals surface area (Å²) in [5, 5.41) is 44.7. The molecular formula is C74H95N11O15. The third-order valence-electron chi connectivity index (χ3n) is 17.9. The predicted molar refractivity (Wildman–Crippen MR) is 374 cm³/mol. The molecule has 12 atom stereocenters. The molecule has 100 heavy (non-hydrogen) atoms. The standard InChI is InChI=1S/C74H95N11O15/c1-43(76-9)63(87)82-61(73(3,4)5)69(93)84-41-55(39-53(84)42-86)100-33-17-16-32-99-54-30-25-46(26-31-54)36-57(71(95)96)80-66(90)56(37-47-24-27-48-18-14-15-21-51(48)34-47)79-67(91)59-38-52(40-85(59)70(94)62(74(6,7)8)83-64(88)44(2)77-10)78-65(89)50-28-22-45(23-29-50)35-58(72(97)98)81-68(92)60(75)49-19-12-11-13-20-49/h11-31,34,42-44,52-53,55-62,76-77H,32-33,35-41,75H2,1-10H3,(H,78,89)(H,79,91)(H,80,90)(H,81,92)(H,82,87)(H,83,88)(H,95,96)(H,97,98)/b17-16+/t43-,44-,52-,53?,55-,56-,57-,58-,59-,60-,61+,62+/m0/s1. The lowest BCUT2D eigenvalue weighted by atomic mass is 9.85. The van der Waals surface area contributed by atoms with Crippen LogP contribution in [0.3, 0.4) is 0 Å². The smallest absolute Gasteiger partial charge is 0.326 e. The van der Waals surface area contributed by atoms with Crippen LogP contribution in [0.25, 0.3) is 10.8 Å². The molecule has 2 saturated heterocycles. The molecular weight excluding hydrogens is 1280 g/mol. The zero-order chi connectivity index (χ0) is 73.2. The largest absolute Gasteiger partial charge is 0.490 e. The van der Waals surface area contributed by atoms with Gasteiger partial charge in [0.15, 0.2) is 0 Å². The van der Waals surface area contributed by atoms with E-state index in [1.165, 1.54) is 34.1 Å². The van der Waals surface area contributed by atoms with Gasteiger partial charge in [-0.3, -0.25) is 38.4 Å². The van der Waals surface area contributed by atoms with Crippen LogP contribution < -0.4 is 53.0 Å². The summed E-state index contributed by atoms with van der Waals surface area (Å²) in [5.41, 5.74) is 6.80. The van der Waals surface area contributed by atoms with E-state index in [1.54, 1.807) is 122 Å². The first-order chi connectivity index (χ1) is 47.4. The molecule has 26 heteroatoms. The zero-order valence-electron chi connectivity index (χ0n) is 58.2. The lowest BCUT2D eigenvalue weighted by Crippen LogP contribution is -2.61. The van der Waals surface area contributed by atoms with Crippen molar-refractivity contribution in [3.63, 3.8) is 0 Å². The van der Waals surface area contributed by atoms with Gasteiger partial charge in [-0.1, -0.05) is 145 Å². The number of carbonyl (C=O) groups excluding carboxylic acids is 9. The SMILES string of the molecule is CN[C@@H](C)C(=O)N[C@H](C(=O)N1C[C@@H](OC/C=C/COc2ccc(C[C@H](NC(=O)[C@H](Cc3ccc4ccccc4c3)NC(=O)[C@@H]3C[C@H](NC(=O)c4ccc(C[C@H](NC(=O)[C@@H](N)c5ccccc5)C(=O)O)cc4)CN3C(=O)[C@@H](NC(=O)[C@H](C)NC)C(C)(C)C)C(=O)O)cc2)CC1C=O)C(C)(C)C. The quantitative estimate of drug-likeness (QED) is 0.0217. The van der Waals surface area contributed by atoms with Crippen LogP contribution in [-0.4, -0.2) is 192 Å². The molecule has 5 aromatic carbocycles. The number of nitrogens with one attached hydrogen (secondary N) is 8. The van der Waals surface area contributed by atoms with Gasteiger partial charge in [-0.05, 0) is 109 Å². The van der Waals surface area contributed by atoms with Crippen molar-refractivity contribution in [3.05, 3.63) is 161 Å². The van der Waals surface area contributed by atoms with E-state index in [-0.39, 0.29) is 75.8 Å². The Balaban J connectivity index is 1.03. The van der Waals surface area contributed by atoms with E-state index in [4.69, 9.17) is 15.2 Å². The molecule has 536 valence electrons. The third-order valence-corrected chi connectivity index (χ3v) is 17.9. The summed E-state index contributed by atoms with van der Waals surface area (Å²) in [6.45, 7) is 14.3. The molecule has 2 aliphatic heterocycles. The number of nitrogens with two attached hydrogens (primary N) is 1. The molecule has 7 rings (SSSR count). The van der Waals surface area contributed by atoms with Gasteiger partial charge in [0.1, 0.15) is 60.9 Å². The minimum atomic E-state index is -1.50. The summed E-state index contributed by atoms with van der Waals surface area (Å²) in [5.74, 6) is -7.03. The molecule has 2 aliphatic rings. The maximum atomic E-state index is 15.1. The van der Waals surface area contributed by atoms with E-state index < -0.39 is 131 Å². The summed E-state index contributed by atoms with van der Waals surface area (Å²) >= 11 is 0. The van der Waals surface area contributed by atoms with E-state index >= 15 is 9.59 Å². The fraction of sp³-hybridized carbons (Fsp3) is 0.446. The number of ether oxygens (including phenoxy) is 2. The molecule has 0 bridgehead atoms. The molecule has 2 heterocycles. The number of likely N-dealkylation sites (tertiary alicyclic amines) is 2. The lowest BCUT2D eigenvalue weighted by Gasteiger charge is -2.36. The number of likely N-dealkylation sites (N-methyl/N-ethyl adjacent to an activating group) is 2. The molecule has 12 N–H and O–H groups in total. The number of benzene rings is 5. The van der Waals surface area contributed by atoms with E-state index in [0.29, 0.717) is 34.3 Å². The topological polar surface area (TPSA) is 375 Å². The molecule has 0 spiro atoms. The molecule has 0 radical (unpaired) electrons. The highest BCUT2D eigenvalue weighted by atomic mass is 16.5. The Morgan fingerprint density at radius 2 is 1.08 bits per heavy atom. The maximum Gasteiger partial charge on any atom is 0.326 e. The second-order valence-electron chi connectivity index (χ2n) is 27.6. The maximum absolute atomic E-state index is 15.1. The summed E-state index contributed by atoms with van der Waals surface area (Å²) in [6, 6.07) is 22.4. The van der Waals surface area contributed by atoms with Crippen LogP contribution in [0.15, 0.2) is 133 Å². The van der Waals surface area contributed by atoms with Crippen molar-refractivity contribution < 1.29 is 72.4 Å². The Labute approximate surface area is 582 Å². The number of rotatable bonds is 32. The van der Waals surface area contributed by atoms with Crippen molar-refractivity contribution in [2.24, 2.45) is 16.6 Å². The number of hydrogen-bond donors (Lipinski definition) is 11. The first-order valence-electron chi connectivity index (χ1n) is 33.4. The molecule has 2 fully saturated rings. The molecule has 0 aromatic heterocycles. The Kier molecular flexibility index (Phi) is 27.3. The van der Waals surface area contributed by atoms with Crippen LogP contribution in [0.4, 0.5) is 0 Å². The van der Waals surface area contributed by atoms with Gasteiger partial charge in [0, 0.05) is 50.4 Å². The van der Waals surface area contributed by atoms with Crippen molar-refractivity contribution in [1.82, 2.24) is 52.3 Å². The van der Waals surface area contributed by atoms with Gasteiger partial charge < -0.3 is 82.5 Å². The van der Waals surface area contributed by atoms with Gasteiger partial charge in [0.25, 0.3) is 5.91 Å². The molecule has 5 aromatic rings. The monoisotopic (exact) mass is 1380 g/mol. The number of hydrogen-bond acceptors (Lipinski definition) is 16. The number of carboxylic acid groups (broad SMARTS) is 2. The summed E-state index contributed by atoms with van der Waals surface area (Å²) in [6.07, 6.45) is 3.41. The molecule has 0 saturated carbocycles. The van der Waals surface area contributed by atoms with Crippen molar-refractivity contribution in [2.75, 3.05) is 40.4 Å². The van der Waals surface area contributed by atoms with E-state index in [9.17, 15) is 53.4 Å². The van der Waals surface area contributed by atoms with Crippen LogP contribution in [0.5, 0.6) is 5.75 Å². The first-order valence-corrected chi connectivity index (χ1v) is 33.4. The summed E-state index contributed by atoms with van der Waals surface area (Å²) in [7, 11) is 3.23. The average molecular weight is 1380 g/mol. The lowest BCUT2D eigenvalue weighted by molar-refractivity contribution is -0.145. The highest BCUT2D eigenvalue weighted by Gasteiger charge is 2.47. The minimum absolute atomic E-state index is 0.125. The highest BCUT2D eigenvalue weighted by Crippen LogP contribution is 2.30. The van der Waals surface area contributed by atoms with Gasteiger partial charge in [-0.25, -0.2) is 9.59 Å². The van der Waals surface area contributed by atoms with Crippen molar-refractivity contribution >= 4 is 76.3 Å². The van der Waals surface area contributed by atoms with Gasteiger partial charge in [-0.2, -0.15) is 0 Å². The number of carbonyl (C=O) groups is 11. The number of aliphatic carboxylic acids is 2. The summed E-state index contributed by atoms with van der Waals surface area (Å²) < 4.78 is 11.9.